The van der Waals surface area contributed by atoms with E-state index in [4.69, 9.17) is 9.84 Å². The third kappa shape index (κ3) is 3.33. The number of hydrogen-bond acceptors (Lipinski definition) is 3. The Morgan fingerprint density at radius 3 is 2.86 bits per heavy atom. The van der Waals surface area contributed by atoms with Gasteiger partial charge in [0.1, 0.15) is 0 Å². The molecular weight excluding hydrogens is 186 g/mol. The molecule has 80 valence electrons. The Hall–Kier alpha value is -1.10. The van der Waals surface area contributed by atoms with Gasteiger partial charge in [-0.15, -0.1) is 0 Å². The van der Waals surface area contributed by atoms with Gasteiger partial charge in [-0.25, -0.2) is 0 Å². The number of amides is 1. The van der Waals surface area contributed by atoms with E-state index in [1.54, 1.807) is 0 Å². The zero-order chi connectivity index (χ0) is 10.6. The van der Waals surface area contributed by atoms with E-state index in [0.717, 1.165) is 0 Å². The van der Waals surface area contributed by atoms with Crippen LogP contribution in [0.15, 0.2) is 0 Å². The summed E-state index contributed by atoms with van der Waals surface area (Å²) in [5, 5.41) is 11.4. The summed E-state index contributed by atoms with van der Waals surface area (Å²) in [7, 11) is 0. The monoisotopic (exact) mass is 201 g/mol. The molecule has 1 rings (SSSR count). The summed E-state index contributed by atoms with van der Waals surface area (Å²) < 4.78 is 5.18. The summed E-state index contributed by atoms with van der Waals surface area (Å²) in [6, 6.07) is -0.0580. The average Bonchev–Trinajstić information content (AvgIpc) is 2.06. The Kier molecular flexibility index (Phi) is 3.88. The quantitative estimate of drug-likeness (QED) is 0.674. The summed E-state index contributed by atoms with van der Waals surface area (Å²) in [6.45, 7) is 2.44. The molecule has 1 heterocycles. The Balaban J connectivity index is 2.49. The second kappa shape index (κ2) is 4.95. The van der Waals surface area contributed by atoms with Crippen molar-refractivity contribution in [1.82, 2.24) is 5.32 Å². The lowest BCUT2D eigenvalue weighted by atomic mass is 9.92. The van der Waals surface area contributed by atoms with Crippen LogP contribution in [0.3, 0.4) is 0 Å². The van der Waals surface area contributed by atoms with Crippen molar-refractivity contribution in [2.24, 2.45) is 5.92 Å². The van der Waals surface area contributed by atoms with Gasteiger partial charge in [-0.05, 0) is 6.42 Å². The molecule has 0 radical (unpaired) electrons. The average molecular weight is 201 g/mol. The fourth-order valence-corrected chi connectivity index (χ4v) is 1.67. The van der Waals surface area contributed by atoms with Gasteiger partial charge in [0.15, 0.2) is 0 Å². The van der Waals surface area contributed by atoms with Crippen molar-refractivity contribution in [3.8, 4) is 0 Å². The molecule has 1 aliphatic heterocycles. The second-order valence-electron chi connectivity index (χ2n) is 3.53. The van der Waals surface area contributed by atoms with Gasteiger partial charge in [0.2, 0.25) is 5.91 Å². The molecule has 1 fully saturated rings. The summed E-state index contributed by atoms with van der Waals surface area (Å²) in [5.74, 6) is -1.08. The number of rotatable bonds is 3. The van der Waals surface area contributed by atoms with Crippen molar-refractivity contribution in [2.45, 2.75) is 25.8 Å². The first kappa shape index (κ1) is 11.0. The van der Waals surface area contributed by atoms with E-state index >= 15 is 0 Å². The molecule has 1 aliphatic rings. The minimum atomic E-state index is -0.851. The van der Waals surface area contributed by atoms with Crippen molar-refractivity contribution in [3.05, 3.63) is 0 Å². The molecule has 0 saturated carbocycles. The van der Waals surface area contributed by atoms with Gasteiger partial charge in [-0.2, -0.15) is 0 Å². The third-order valence-electron chi connectivity index (χ3n) is 2.30. The molecule has 0 aliphatic carbocycles. The van der Waals surface area contributed by atoms with E-state index in [-0.39, 0.29) is 24.3 Å². The number of nitrogens with one attached hydrogen (secondary N) is 1. The van der Waals surface area contributed by atoms with Crippen LogP contribution in [0.5, 0.6) is 0 Å². The first-order chi connectivity index (χ1) is 6.59. The van der Waals surface area contributed by atoms with Crippen molar-refractivity contribution >= 4 is 11.9 Å². The minimum Gasteiger partial charge on any atom is -0.481 e. The maximum Gasteiger partial charge on any atom is 0.303 e. The lowest BCUT2D eigenvalue weighted by molar-refractivity contribution is -0.140. The molecule has 14 heavy (non-hydrogen) atoms. The molecule has 0 aromatic heterocycles. The van der Waals surface area contributed by atoms with Gasteiger partial charge in [-0.1, -0.05) is 0 Å². The van der Waals surface area contributed by atoms with Crippen LogP contribution in [0.2, 0.25) is 0 Å². The lowest BCUT2D eigenvalue weighted by Gasteiger charge is -2.30. The van der Waals surface area contributed by atoms with Crippen LogP contribution < -0.4 is 5.32 Å². The molecule has 1 saturated heterocycles. The first-order valence-corrected chi connectivity index (χ1v) is 4.66. The molecule has 0 bridgehead atoms. The maximum absolute atomic E-state index is 10.8. The Labute approximate surface area is 82.4 Å². The largest absolute Gasteiger partial charge is 0.481 e. The van der Waals surface area contributed by atoms with Gasteiger partial charge in [0, 0.05) is 25.5 Å². The maximum atomic E-state index is 10.8. The van der Waals surface area contributed by atoms with Gasteiger partial charge >= 0.3 is 5.97 Å². The van der Waals surface area contributed by atoms with E-state index in [0.29, 0.717) is 19.6 Å². The van der Waals surface area contributed by atoms with Crippen LogP contribution in [0.1, 0.15) is 19.8 Å². The second-order valence-corrected chi connectivity index (χ2v) is 3.53. The van der Waals surface area contributed by atoms with Crippen LogP contribution in [0.25, 0.3) is 0 Å². The third-order valence-corrected chi connectivity index (χ3v) is 2.30. The molecule has 5 heteroatoms. The normalized spacial score (nSPS) is 26.9. The first-order valence-electron chi connectivity index (χ1n) is 4.66. The summed E-state index contributed by atoms with van der Waals surface area (Å²) >= 11 is 0. The Morgan fingerprint density at radius 1 is 1.57 bits per heavy atom. The number of carboxylic acids is 1. The van der Waals surface area contributed by atoms with E-state index in [9.17, 15) is 9.59 Å². The molecule has 0 spiro atoms. The SMILES string of the molecule is CC(=O)NC1CCOCC1CC(=O)O. The summed E-state index contributed by atoms with van der Waals surface area (Å²) in [6.07, 6.45) is 0.739. The Morgan fingerprint density at radius 2 is 2.29 bits per heavy atom. The van der Waals surface area contributed by atoms with Crippen LogP contribution in [0, 0.1) is 5.92 Å². The topological polar surface area (TPSA) is 75.6 Å². The highest BCUT2D eigenvalue weighted by molar-refractivity contribution is 5.73. The predicted molar refractivity (Wildman–Crippen MR) is 48.8 cm³/mol. The molecule has 0 aromatic rings. The zero-order valence-corrected chi connectivity index (χ0v) is 8.16. The van der Waals surface area contributed by atoms with Gasteiger partial charge in [0.25, 0.3) is 0 Å². The van der Waals surface area contributed by atoms with Crippen LogP contribution in [-0.2, 0) is 14.3 Å². The number of carbonyl (C=O) groups is 2. The zero-order valence-electron chi connectivity index (χ0n) is 8.16. The standard InChI is InChI=1S/C9H15NO4/c1-6(11)10-8-2-3-14-5-7(8)4-9(12)13/h7-8H,2-5H2,1H3,(H,10,11)(H,12,13). The van der Waals surface area contributed by atoms with Gasteiger partial charge < -0.3 is 15.2 Å². The Bertz CT molecular complexity index is 205. The smallest absolute Gasteiger partial charge is 0.303 e. The highest BCUT2D eigenvalue weighted by atomic mass is 16.5. The number of carbonyl (C=O) groups excluding carboxylic acids is 1. The summed E-state index contributed by atoms with van der Waals surface area (Å²) in [4.78, 5) is 21.4. The fraction of sp³-hybridized carbons (Fsp3) is 0.778. The van der Waals surface area contributed by atoms with E-state index in [1.807, 2.05) is 0 Å². The number of aliphatic carboxylic acids is 1. The van der Waals surface area contributed by atoms with Gasteiger partial charge in [-0.3, -0.25) is 9.59 Å². The number of hydrogen-bond donors (Lipinski definition) is 2. The van der Waals surface area contributed by atoms with Gasteiger partial charge in [0.05, 0.1) is 13.0 Å². The molecule has 0 aromatic carbocycles. The van der Waals surface area contributed by atoms with Crippen LogP contribution >= 0.6 is 0 Å². The van der Waals surface area contributed by atoms with Crippen molar-refractivity contribution < 1.29 is 19.4 Å². The molecular formula is C9H15NO4. The lowest BCUT2D eigenvalue weighted by Crippen LogP contribution is -2.45. The van der Waals surface area contributed by atoms with E-state index in [2.05, 4.69) is 5.32 Å². The highest BCUT2D eigenvalue weighted by Crippen LogP contribution is 2.18. The summed E-state index contributed by atoms with van der Waals surface area (Å²) in [5.41, 5.74) is 0. The predicted octanol–water partition coefficient (Wildman–Crippen LogP) is 0.00230. The molecule has 5 nitrogen and oxygen atoms in total. The molecule has 1 amide bonds. The molecule has 2 N–H and O–H groups in total. The fourth-order valence-electron chi connectivity index (χ4n) is 1.67. The van der Waals surface area contributed by atoms with Crippen molar-refractivity contribution in [1.29, 1.82) is 0 Å². The highest BCUT2D eigenvalue weighted by Gasteiger charge is 2.28. The molecule has 2 atom stereocenters. The molecule has 2 unspecified atom stereocenters. The minimum absolute atomic E-state index is 0.0466. The van der Waals surface area contributed by atoms with E-state index < -0.39 is 5.97 Å². The van der Waals surface area contributed by atoms with Crippen LogP contribution in [0.4, 0.5) is 0 Å². The van der Waals surface area contributed by atoms with Crippen LogP contribution in [-0.4, -0.2) is 36.2 Å². The van der Waals surface area contributed by atoms with Crippen molar-refractivity contribution in [2.75, 3.05) is 13.2 Å². The number of ether oxygens (including phenoxy) is 1. The van der Waals surface area contributed by atoms with Crippen molar-refractivity contribution in [3.63, 3.8) is 0 Å². The van der Waals surface area contributed by atoms with E-state index in [1.165, 1.54) is 6.92 Å². The number of carboxylic acid groups (broad SMARTS) is 1.